The minimum atomic E-state index is -0.386. The van der Waals surface area contributed by atoms with Gasteiger partial charge in [0.1, 0.15) is 0 Å². The van der Waals surface area contributed by atoms with E-state index < -0.39 is 0 Å². The molecular weight excluding hydrogens is 228 g/mol. The molecule has 3 nitrogen and oxygen atoms in total. The van der Waals surface area contributed by atoms with Crippen LogP contribution in [0.4, 0.5) is 0 Å². The molecule has 3 N–H and O–H groups in total. The third-order valence-corrected chi connectivity index (χ3v) is 3.36. The fraction of sp³-hybridized carbons (Fsp3) is 0.400. The number of carbonyl (C=O) groups excluding carboxylic acids is 1. The molecule has 1 unspecified atom stereocenters. The summed E-state index contributed by atoms with van der Waals surface area (Å²) in [5, 5.41) is 4.82. The lowest BCUT2D eigenvalue weighted by Crippen LogP contribution is -2.36. The minimum absolute atomic E-state index is 0.0981. The lowest BCUT2D eigenvalue weighted by molar-refractivity contribution is -0.122. The Morgan fingerprint density at radius 3 is 3.00 bits per heavy atom. The van der Waals surface area contributed by atoms with Gasteiger partial charge in [-0.15, -0.1) is 11.3 Å². The van der Waals surface area contributed by atoms with Crippen LogP contribution < -0.4 is 11.1 Å². The molecule has 0 saturated heterocycles. The SMILES string of the molecule is CC(C(=O)NCCc1cccs1)C(N)=S. The first-order chi connectivity index (χ1) is 7.11. The van der Waals surface area contributed by atoms with Crippen molar-refractivity contribution in [3.05, 3.63) is 22.4 Å². The van der Waals surface area contributed by atoms with Crippen LogP contribution in [0.1, 0.15) is 11.8 Å². The van der Waals surface area contributed by atoms with Crippen molar-refractivity contribution in [2.24, 2.45) is 11.7 Å². The molecule has 1 rings (SSSR count). The summed E-state index contributed by atoms with van der Waals surface area (Å²) in [6.07, 6.45) is 0.855. The second-order valence-electron chi connectivity index (χ2n) is 3.24. The number of nitrogens with one attached hydrogen (secondary N) is 1. The fourth-order valence-electron chi connectivity index (χ4n) is 1.05. The number of nitrogens with two attached hydrogens (primary N) is 1. The molecule has 82 valence electrons. The molecule has 1 atom stereocenters. The number of rotatable bonds is 5. The Balaban J connectivity index is 2.26. The van der Waals surface area contributed by atoms with Gasteiger partial charge in [-0.2, -0.15) is 0 Å². The maximum atomic E-state index is 11.4. The molecule has 1 amide bonds. The van der Waals surface area contributed by atoms with Gasteiger partial charge < -0.3 is 11.1 Å². The quantitative estimate of drug-likeness (QED) is 0.766. The summed E-state index contributed by atoms with van der Waals surface area (Å²) >= 11 is 6.43. The highest BCUT2D eigenvalue weighted by molar-refractivity contribution is 7.80. The molecule has 0 aliphatic heterocycles. The highest BCUT2D eigenvalue weighted by Crippen LogP contribution is 2.08. The van der Waals surface area contributed by atoms with E-state index in [2.05, 4.69) is 5.32 Å². The molecule has 0 bridgehead atoms. The number of carbonyl (C=O) groups is 1. The minimum Gasteiger partial charge on any atom is -0.393 e. The van der Waals surface area contributed by atoms with Gasteiger partial charge in [0.15, 0.2) is 0 Å². The van der Waals surface area contributed by atoms with E-state index in [1.54, 1.807) is 18.3 Å². The van der Waals surface area contributed by atoms with Crippen LogP contribution in [0.5, 0.6) is 0 Å². The zero-order chi connectivity index (χ0) is 11.3. The van der Waals surface area contributed by atoms with Gasteiger partial charge in [0.25, 0.3) is 0 Å². The van der Waals surface area contributed by atoms with Crippen LogP contribution in [0, 0.1) is 5.92 Å². The highest BCUT2D eigenvalue weighted by atomic mass is 32.1. The normalized spacial score (nSPS) is 12.1. The molecular formula is C10H14N2OS2. The van der Waals surface area contributed by atoms with Crippen LogP contribution in [0.3, 0.4) is 0 Å². The van der Waals surface area contributed by atoms with Gasteiger partial charge >= 0.3 is 0 Å². The Morgan fingerprint density at radius 1 is 1.73 bits per heavy atom. The first-order valence-electron chi connectivity index (χ1n) is 4.70. The number of thiophene rings is 1. The van der Waals surface area contributed by atoms with Crippen molar-refractivity contribution >= 4 is 34.5 Å². The van der Waals surface area contributed by atoms with E-state index in [9.17, 15) is 4.79 Å². The molecule has 1 heterocycles. The van der Waals surface area contributed by atoms with Gasteiger partial charge in [-0.3, -0.25) is 4.79 Å². The summed E-state index contributed by atoms with van der Waals surface area (Å²) in [4.78, 5) is 12.9. The fourth-order valence-corrected chi connectivity index (χ4v) is 1.86. The second-order valence-corrected chi connectivity index (χ2v) is 4.75. The van der Waals surface area contributed by atoms with Crippen molar-refractivity contribution in [1.29, 1.82) is 0 Å². The summed E-state index contributed by atoms with van der Waals surface area (Å²) < 4.78 is 0. The van der Waals surface area contributed by atoms with Crippen LogP contribution in [0.15, 0.2) is 17.5 Å². The van der Waals surface area contributed by atoms with Crippen molar-refractivity contribution < 1.29 is 4.79 Å². The molecule has 15 heavy (non-hydrogen) atoms. The zero-order valence-electron chi connectivity index (χ0n) is 8.53. The van der Waals surface area contributed by atoms with Gasteiger partial charge in [-0.25, -0.2) is 0 Å². The number of amides is 1. The largest absolute Gasteiger partial charge is 0.393 e. The third kappa shape index (κ3) is 3.97. The van der Waals surface area contributed by atoms with E-state index in [0.29, 0.717) is 6.54 Å². The zero-order valence-corrected chi connectivity index (χ0v) is 10.2. The number of hydrogen-bond acceptors (Lipinski definition) is 3. The van der Waals surface area contributed by atoms with Crippen molar-refractivity contribution in [2.75, 3.05) is 6.54 Å². The first kappa shape index (κ1) is 12.1. The van der Waals surface area contributed by atoms with E-state index in [-0.39, 0.29) is 16.8 Å². The average Bonchev–Trinajstić information content (AvgIpc) is 2.69. The molecule has 0 radical (unpaired) electrons. The predicted molar refractivity (Wildman–Crippen MR) is 67.0 cm³/mol. The predicted octanol–water partition coefficient (Wildman–Crippen LogP) is 1.33. The van der Waals surface area contributed by atoms with E-state index in [4.69, 9.17) is 18.0 Å². The monoisotopic (exact) mass is 242 g/mol. The standard InChI is InChI=1S/C10H14N2OS2/c1-7(9(11)14)10(13)12-5-4-8-3-2-6-15-8/h2-3,6-7H,4-5H2,1H3,(H2,11,14)(H,12,13). The topological polar surface area (TPSA) is 55.1 Å². The summed E-state index contributed by atoms with van der Waals surface area (Å²) in [6, 6.07) is 4.05. The molecule has 0 spiro atoms. The molecule has 5 heteroatoms. The molecule has 0 aliphatic carbocycles. The van der Waals surface area contributed by atoms with Gasteiger partial charge in [0.2, 0.25) is 5.91 Å². The summed E-state index contributed by atoms with van der Waals surface area (Å²) in [5.41, 5.74) is 5.38. The lowest BCUT2D eigenvalue weighted by Gasteiger charge is -2.09. The van der Waals surface area contributed by atoms with Crippen molar-refractivity contribution in [3.63, 3.8) is 0 Å². The Hall–Kier alpha value is -0.940. The highest BCUT2D eigenvalue weighted by Gasteiger charge is 2.14. The molecule has 0 saturated carbocycles. The van der Waals surface area contributed by atoms with Crippen LogP contribution in [0.2, 0.25) is 0 Å². The van der Waals surface area contributed by atoms with Crippen LogP contribution >= 0.6 is 23.6 Å². The van der Waals surface area contributed by atoms with E-state index in [1.807, 2.05) is 17.5 Å². The first-order valence-corrected chi connectivity index (χ1v) is 5.99. The van der Waals surface area contributed by atoms with E-state index >= 15 is 0 Å². The average molecular weight is 242 g/mol. The van der Waals surface area contributed by atoms with Crippen molar-refractivity contribution in [1.82, 2.24) is 5.32 Å². The number of thiocarbonyl (C=S) groups is 1. The Labute approximate surface area is 98.7 Å². The molecule has 1 aromatic heterocycles. The van der Waals surface area contributed by atoms with Gasteiger partial charge in [-0.05, 0) is 24.8 Å². The van der Waals surface area contributed by atoms with Crippen LogP contribution in [-0.2, 0) is 11.2 Å². The summed E-state index contributed by atoms with van der Waals surface area (Å²) in [7, 11) is 0. The smallest absolute Gasteiger partial charge is 0.229 e. The lowest BCUT2D eigenvalue weighted by atomic mass is 10.1. The van der Waals surface area contributed by atoms with E-state index in [1.165, 1.54) is 4.88 Å². The van der Waals surface area contributed by atoms with Crippen LogP contribution in [0.25, 0.3) is 0 Å². The maximum Gasteiger partial charge on any atom is 0.229 e. The number of hydrogen-bond donors (Lipinski definition) is 2. The van der Waals surface area contributed by atoms with Gasteiger partial charge in [0, 0.05) is 11.4 Å². The maximum absolute atomic E-state index is 11.4. The Kier molecular flexibility index (Phi) is 4.71. The van der Waals surface area contributed by atoms with Crippen molar-refractivity contribution in [2.45, 2.75) is 13.3 Å². The Morgan fingerprint density at radius 2 is 2.47 bits per heavy atom. The van der Waals surface area contributed by atoms with Gasteiger partial charge in [0.05, 0.1) is 10.9 Å². The van der Waals surface area contributed by atoms with Crippen LogP contribution in [-0.4, -0.2) is 17.4 Å². The second kappa shape index (κ2) is 5.82. The summed E-state index contributed by atoms with van der Waals surface area (Å²) in [6.45, 7) is 2.34. The molecule has 0 fully saturated rings. The molecule has 0 aromatic carbocycles. The molecule has 1 aromatic rings. The van der Waals surface area contributed by atoms with Crippen molar-refractivity contribution in [3.8, 4) is 0 Å². The molecule has 0 aliphatic rings. The summed E-state index contributed by atoms with van der Waals surface area (Å²) in [5.74, 6) is -0.484. The Bertz CT molecular complexity index is 335. The van der Waals surface area contributed by atoms with Gasteiger partial charge in [-0.1, -0.05) is 18.3 Å². The van der Waals surface area contributed by atoms with E-state index in [0.717, 1.165) is 6.42 Å². The third-order valence-electron chi connectivity index (χ3n) is 2.07.